The number of methoxy groups -OCH3 is 2. The van der Waals surface area contributed by atoms with Crippen molar-refractivity contribution in [3.8, 4) is 11.5 Å². The minimum Gasteiger partial charge on any atom is -0.497 e. The maximum Gasteiger partial charge on any atom is 0.416 e. The second-order valence-corrected chi connectivity index (χ2v) is 6.11. The number of anilines is 1. The molecule has 2 rings (SSSR count). The van der Waals surface area contributed by atoms with Crippen LogP contribution >= 0.6 is 15.9 Å². The monoisotopic (exact) mass is 431 g/mol. The lowest BCUT2D eigenvalue weighted by molar-refractivity contribution is -0.138. The fourth-order valence-corrected chi connectivity index (χ4v) is 2.57. The lowest BCUT2D eigenvalue weighted by atomic mass is 10.1. The number of hydrogen-bond acceptors (Lipinski definition) is 3. The molecule has 0 fully saturated rings. The molecule has 0 aliphatic rings. The van der Waals surface area contributed by atoms with Gasteiger partial charge in [0.2, 0.25) is 0 Å². The Morgan fingerprint density at radius 2 is 1.88 bits per heavy atom. The first-order valence-corrected chi connectivity index (χ1v) is 8.18. The third kappa shape index (κ3) is 5.04. The average Bonchev–Trinajstić information content (AvgIpc) is 2.59. The molecule has 0 spiro atoms. The average molecular weight is 432 g/mol. The number of hydrogen-bond donors (Lipinski definition) is 2. The van der Waals surface area contributed by atoms with Gasteiger partial charge in [-0.15, -0.1) is 0 Å². The van der Waals surface area contributed by atoms with Crippen LogP contribution in [0.5, 0.6) is 11.5 Å². The van der Waals surface area contributed by atoms with Gasteiger partial charge >= 0.3 is 6.18 Å². The lowest BCUT2D eigenvalue weighted by Crippen LogP contribution is -2.23. The van der Waals surface area contributed by atoms with Gasteiger partial charge < -0.3 is 20.5 Å². The quantitative estimate of drug-likeness (QED) is 0.543. The minimum atomic E-state index is -4.48. The van der Waals surface area contributed by atoms with Gasteiger partial charge in [0, 0.05) is 10.5 Å². The van der Waals surface area contributed by atoms with Crippen LogP contribution in [0.4, 0.5) is 18.9 Å². The summed E-state index contributed by atoms with van der Waals surface area (Å²) in [6, 6.07) is 8.91. The van der Waals surface area contributed by atoms with Crippen molar-refractivity contribution in [2.45, 2.75) is 12.7 Å². The van der Waals surface area contributed by atoms with Gasteiger partial charge in [-0.25, -0.2) is 4.99 Å². The van der Waals surface area contributed by atoms with Crippen molar-refractivity contribution in [2.24, 2.45) is 10.7 Å². The Hall–Kier alpha value is -2.42. The predicted octanol–water partition coefficient (Wildman–Crippen LogP) is 4.41. The van der Waals surface area contributed by atoms with E-state index in [1.165, 1.54) is 26.4 Å². The van der Waals surface area contributed by atoms with Crippen LogP contribution < -0.4 is 20.5 Å². The van der Waals surface area contributed by atoms with Crippen LogP contribution in [-0.2, 0) is 12.7 Å². The zero-order valence-corrected chi connectivity index (χ0v) is 15.6. The number of nitrogens with one attached hydrogen (secondary N) is 1. The Bertz CT molecular complexity index is 810. The molecule has 2 aromatic carbocycles. The summed E-state index contributed by atoms with van der Waals surface area (Å²) in [4.78, 5) is 4.00. The van der Waals surface area contributed by atoms with Crippen LogP contribution in [0.15, 0.2) is 45.9 Å². The summed E-state index contributed by atoms with van der Waals surface area (Å²) in [5, 5.41) is 2.81. The van der Waals surface area contributed by atoms with Gasteiger partial charge in [0.05, 0.1) is 32.0 Å². The van der Waals surface area contributed by atoms with E-state index < -0.39 is 11.7 Å². The molecule has 0 bridgehead atoms. The number of nitrogens with zero attached hydrogens (tertiary/aromatic N) is 1. The molecule has 0 atom stereocenters. The number of aliphatic imine (C=N–C) groups is 1. The van der Waals surface area contributed by atoms with Crippen molar-refractivity contribution in [1.82, 2.24) is 0 Å². The molecule has 9 heteroatoms. The zero-order valence-electron chi connectivity index (χ0n) is 14.0. The molecular weight excluding hydrogens is 415 g/mol. The molecule has 0 amide bonds. The molecule has 5 nitrogen and oxygen atoms in total. The largest absolute Gasteiger partial charge is 0.497 e. The standard InChI is InChI=1S/C17H17BrF3N3O2/c1-25-12-5-6-15(26-2)14(8-12)24-16(22)23-9-10-3-4-11(18)7-13(10)17(19,20)21/h3-8H,9H2,1-2H3,(H3,22,23,24). The van der Waals surface area contributed by atoms with Gasteiger partial charge in [-0.05, 0) is 29.8 Å². The number of halogens is 4. The van der Waals surface area contributed by atoms with E-state index in [2.05, 4.69) is 26.2 Å². The van der Waals surface area contributed by atoms with Crippen molar-refractivity contribution in [1.29, 1.82) is 0 Å². The van der Waals surface area contributed by atoms with Crippen LogP contribution in [0.25, 0.3) is 0 Å². The second-order valence-electron chi connectivity index (χ2n) is 5.19. The molecule has 0 saturated heterocycles. The summed E-state index contributed by atoms with van der Waals surface area (Å²) in [5.74, 6) is 1.00. The van der Waals surface area contributed by atoms with Crippen LogP contribution in [0.1, 0.15) is 11.1 Å². The first-order valence-electron chi connectivity index (χ1n) is 7.39. The number of nitrogens with two attached hydrogens (primary N) is 1. The van der Waals surface area contributed by atoms with Gasteiger partial charge in [-0.2, -0.15) is 13.2 Å². The van der Waals surface area contributed by atoms with E-state index in [-0.39, 0.29) is 18.1 Å². The maximum atomic E-state index is 13.1. The summed E-state index contributed by atoms with van der Waals surface area (Å²) in [6.45, 7) is -0.229. The summed E-state index contributed by atoms with van der Waals surface area (Å²) in [5.41, 5.74) is 5.55. The molecule has 3 N–H and O–H groups in total. The Morgan fingerprint density at radius 3 is 2.50 bits per heavy atom. The molecule has 0 radical (unpaired) electrons. The predicted molar refractivity (Wildman–Crippen MR) is 97.6 cm³/mol. The van der Waals surface area contributed by atoms with Crippen LogP contribution in [-0.4, -0.2) is 20.2 Å². The molecular formula is C17H17BrF3N3O2. The van der Waals surface area contributed by atoms with E-state index in [1.807, 2.05) is 0 Å². The van der Waals surface area contributed by atoms with Gasteiger partial charge in [0.25, 0.3) is 0 Å². The molecule has 0 aliphatic carbocycles. The minimum absolute atomic E-state index is 0.0167. The SMILES string of the molecule is COc1ccc(OC)c(NC(N)=NCc2ccc(Br)cc2C(F)(F)F)c1. The van der Waals surface area contributed by atoms with Gasteiger partial charge in [0.15, 0.2) is 5.96 Å². The van der Waals surface area contributed by atoms with Crippen molar-refractivity contribution in [3.63, 3.8) is 0 Å². The third-order valence-electron chi connectivity index (χ3n) is 3.47. The van der Waals surface area contributed by atoms with E-state index in [0.717, 1.165) is 6.07 Å². The zero-order chi connectivity index (χ0) is 19.3. The molecule has 0 heterocycles. The van der Waals surface area contributed by atoms with E-state index >= 15 is 0 Å². The number of guanidine groups is 1. The van der Waals surface area contributed by atoms with Gasteiger partial charge in [0.1, 0.15) is 11.5 Å². The summed E-state index contributed by atoms with van der Waals surface area (Å²) < 4.78 is 50.1. The molecule has 0 unspecified atom stereocenters. The first-order chi connectivity index (χ1) is 12.2. The van der Waals surface area contributed by atoms with Crippen LogP contribution in [0.2, 0.25) is 0 Å². The highest BCUT2D eigenvalue weighted by Gasteiger charge is 2.33. The third-order valence-corrected chi connectivity index (χ3v) is 3.96. The molecule has 0 saturated carbocycles. The summed E-state index contributed by atoms with van der Waals surface area (Å²) >= 11 is 3.04. The van der Waals surface area contributed by atoms with Crippen molar-refractivity contribution in [3.05, 3.63) is 52.0 Å². The van der Waals surface area contributed by atoms with E-state index in [9.17, 15) is 13.2 Å². The number of benzene rings is 2. The van der Waals surface area contributed by atoms with Gasteiger partial charge in [-0.1, -0.05) is 22.0 Å². The Labute approximate surface area is 157 Å². The first kappa shape index (κ1) is 19.9. The van der Waals surface area contributed by atoms with Gasteiger partial charge in [-0.3, -0.25) is 0 Å². The number of rotatable bonds is 5. The Kier molecular flexibility index (Phi) is 6.36. The summed E-state index contributed by atoms with van der Waals surface area (Å²) in [7, 11) is 2.99. The highest BCUT2D eigenvalue weighted by molar-refractivity contribution is 9.10. The Morgan fingerprint density at radius 1 is 1.15 bits per heavy atom. The van der Waals surface area contributed by atoms with E-state index in [0.29, 0.717) is 21.7 Å². The number of ether oxygens (including phenoxy) is 2. The second kappa shape index (κ2) is 8.31. The molecule has 2 aromatic rings. The van der Waals surface area contributed by atoms with E-state index in [1.54, 1.807) is 18.2 Å². The normalized spacial score (nSPS) is 12.0. The Balaban J connectivity index is 2.22. The van der Waals surface area contributed by atoms with Crippen molar-refractivity contribution in [2.75, 3.05) is 19.5 Å². The smallest absolute Gasteiger partial charge is 0.416 e. The van der Waals surface area contributed by atoms with Crippen molar-refractivity contribution < 1.29 is 22.6 Å². The highest BCUT2D eigenvalue weighted by atomic mass is 79.9. The molecule has 26 heavy (non-hydrogen) atoms. The fraction of sp³-hybridized carbons (Fsp3) is 0.235. The van der Waals surface area contributed by atoms with Crippen molar-refractivity contribution >= 4 is 27.6 Å². The van der Waals surface area contributed by atoms with Crippen LogP contribution in [0.3, 0.4) is 0 Å². The highest BCUT2D eigenvalue weighted by Crippen LogP contribution is 2.34. The van der Waals surface area contributed by atoms with E-state index in [4.69, 9.17) is 15.2 Å². The maximum absolute atomic E-state index is 13.1. The lowest BCUT2D eigenvalue weighted by Gasteiger charge is -2.14. The van der Waals surface area contributed by atoms with Crippen LogP contribution in [0, 0.1) is 0 Å². The molecule has 140 valence electrons. The fourth-order valence-electron chi connectivity index (χ4n) is 2.21. The summed E-state index contributed by atoms with van der Waals surface area (Å²) in [6.07, 6.45) is -4.48. The molecule has 0 aliphatic heterocycles. The topological polar surface area (TPSA) is 68.9 Å². The number of alkyl halides is 3. The molecule has 0 aromatic heterocycles.